The van der Waals surface area contributed by atoms with Crippen LogP contribution in [0, 0.1) is 4.64 Å². The minimum Gasteiger partial charge on any atom is -0.342 e. The van der Waals surface area contributed by atoms with Gasteiger partial charge in [-0.3, -0.25) is 0 Å². The van der Waals surface area contributed by atoms with Gasteiger partial charge < -0.3 is 4.98 Å². The van der Waals surface area contributed by atoms with Crippen molar-refractivity contribution >= 4 is 39.9 Å². The first-order chi connectivity index (χ1) is 9.61. The molecule has 1 aromatic heterocycles. The molecule has 0 bridgehead atoms. The number of hydrogen-bond donors (Lipinski definition) is 1. The molecule has 0 radical (unpaired) electrons. The summed E-state index contributed by atoms with van der Waals surface area (Å²) in [6.07, 6.45) is 1.16. The molecule has 0 saturated carbocycles. The minimum absolute atomic E-state index is 0.613. The normalized spacial score (nSPS) is 12.3. The summed E-state index contributed by atoms with van der Waals surface area (Å²) in [5, 5.41) is 0.627. The first-order valence-corrected chi connectivity index (χ1v) is 8.82. The number of halogens is 1. The smallest absolute Gasteiger partial charge is 0.144 e. The Balaban J connectivity index is 2.33. The van der Waals surface area contributed by atoms with E-state index in [-0.39, 0.29) is 0 Å². The van der Waals surface area contributed by atoms with Crippen molar-refractivity contribution in [3.8, 4) is 11.3 Å². The monoisotopic (exact) mass is 368 g/mol. The molecule has 1 atom stereocenters. The average molecular weight is 369 g/mol. The summed E-state index contributed by atoms with van der Waals surface area (Å²) >= 11 is 10.8. The summed E-state index contributed by atoms with van der Waals surface area (Å²) in [4.78, 5) is 7.86. The Morgan fingerprint density at radius 1 is 1.35 bits per heavy atom. The van der Waals surface area contributed by atoms with Gasteiger partial charge >= 0.3 is 0 Å². The van der Waals surface area contributed by atoms with Crippen molar-refractivity contribution in [1.29, 1.82) is 0 Å². The van der Waals surface area contributed by atoms with Crippen LogP contribution < -0.4 is 0 Å². The van der Waals surface area contributed by atoms with E-state index in [2.05, 4.69) is 51.9 Å². The molecule has 2 aromatic rings. The highest BCUT2D eigenvalue weighted by Crippen LogP contribution is 2.28. The van der Waals surface area contributed by atoms with Gasteiger partial charge in [-0.05, 0) is 27.9 Å². The molecule has 1 aromatic carbocycles. The van der Waals surface area contributed by atoms with Gasteiger partial charge in [-0.25, -0.2) is 4.98 Å². The van der Waals surface area contributed by atoms with E-state index in [1.165, 1.54) is 0 Å². The summed E-state index contributed by atoms with van der Waals surface area (Å²) in [6, 6.07) is 10.2. The number of nitrogens with zero attached hydrogens (tertiary/aromatic N) is 1. The third kappa shape index (κ3) is 3.93. The van der Waals surface area contributed by atoms with Crippen LogP contribution in [0.15, 0.2) is 34.8 Å². The van der Waals surface area contributed by atoms with Crippen LogP contribution in [0.1, 0.15) is 26.1 Å². The Bertz CT molecular complexity index is 626. The fraction of sp³-hybridized carbons (Fsp3) is 0.333. The zero-order chi connectivity index (χ0) is 14.5. The Morgan fingerprint density at radius 2 is 2.05 bits per heavy atom. The van der Waals surface area contributed by atoms with Crippen molar-refractivity contribution in [2.24, 2.45) is 0 Å². The number of aromatic amines is 1. The van der Waals surface area contributed by atoms with E-state index < -0.39 is 0 Å². The summed E-state index contributed by atoms with van der Waals surface area (Å²) < 4.78 is 1.47. The molecular weight excluding hydrogens is 352 g/mol. The van der Waals surface area contributed by atoms with E-state index in [1.807, 2.05) is 30.0 Å². The maximum absolute atomic E-state index is 5.35. The first kappa shape index (κ1) is 15.7. The summed E-state index contributed by atoms with van der Waals surface area (Å²) in [6.45, 7) is 4.43. The van der Waals surface area contributed by atoms with Crippen LogP contribution in [0.3, 0.4) is 0 Å². The van der Waals surface area contributed by atoms with Crippen molar-refractivity contribution in [3.05, 3.63) is 45.3 Å². The number of nitrogens with one attached hydrogen (secondary N) is 1. The standard InChI is InChI=1S/C15H17BrN2S2/c1-3-10(2)20-9-12-17-14(13(16)15(19)18-12)11-7-5-4-6-8-11/h4-8,10H,3,9H2,1-2H3,(H,17,18,19). The van der Waals surface area contributed by atoms with Crippen LogP contribution in [-0.4, -0.2) is 15.2 Å². The minimum atomic E-state index is 0.613. The number of benzene rings is 1. The third-order valence-electron chi connectivity index (χ3n) is 3.06. The zero-order valence-corrected chi connectivity index (χ0v) is 14.7. The van der Waals surface area contributed by atoms with Gasteiger partial charge in [0.2, 0.25) is 0 Å². The van der Waals surface area contributed by atoms with Gasteiger partial charge in [-0.2, -0.15) is 11.8 Å². The van der Waals surface area contributed by atoms with E-state index in [0.29, 0.717) is 9.89 Å². The molecular formula is C15H17BrN2S2. The molecule has 1 heterocycles. The predicted octanol–water partition coefficient (Wildman–Crippen LogP) is 5.60. The van der Waals surface area contributed by atoms with E-state index in [1.54, 1.807) is 0 Å². The molecule has 0 amide bonds. The first-order valence-electron chi connectivity index (χ1n) is 6.57. The van der Waals surface area contributed by atoms with Gasteiger partial charge in [-0.15, -0.1) is 0 Å². The van der Waals surface area contributed by atoms with Gasteiger partial charge in [0.25, 0.3) is 0 Å². The number of aromatic nitrogens is 2. The number of hydrogen-bond acceptors (Lipinski definition) is 3. The van der Waals surface area contributed by atoms with E-state index in [0.717, 1.165) is 33.7 Å². The van der Waals surface area contributed by atoms with E-state index in [4.69, 9.17) is 12.2 Å². The summed E-state index contributed by atoms with van der Waals surface area (Å²) in [7, 11) is 0. The number of H-pyrrole nitrogens is 1. The van der Waals surface area contributed by atoms with Gasteiger partial charge in [0, 0.05) is 5.25 Å². The predicted molar refractivity (Wildman–Crippen MR) is 93.6 cm³/mol. The molecule has 20 heavy (non-hydrogen) atoms. The van der Waals surface area contributed by atoms with Crippen LogP contribution in [0.25, 0.3) is 11.3 Å². The second-order valence-corrected chi connectivity index (χ2v) is 7.18. The highest BCUT2D eigenvalue weighted by Gasteiger charge is 2.09. The molecule has 5 heteroatoms. The van der Waals surface area contributed by atoms with Crippen molar-refractivity contribution < 1.29 is 0 Å². The Kier molecular flexibility index (Phi) is 5.81. The highest BCUT2D eigenvalue weighted by molar-refractivity contribution is 9.10. The maximum atomic E-state index is 5.35. The van der Waals surface area contributed by atoms with E-state index in [9.17, 15) is 0 Å². The molecule has 0 aliphatic rings. The van der Waals surface area contributed by atoms with Crippen LogP contribution >= 0.6 is 39.9 Å². The second-order valence-electron chi connectivity index (χ2n) is 4.57. The van der Waals surface area contributed by atoms with Crippen LogP contribution in [0.5, 0.6) is 0 Å². The molecule has 0 aliphatic carbocycles. The lowest BCUT2D eigenvalue weighted by molar-refractivity contribution is 0.900. The Hall–Kier alpha value is -0.650. The van der Waals surface area contributed by atoms with Crippen molar-refractivity contribution in [1.82, 2.24) is 9.97 Å². The largest absolute Gasteiger partial charge is 0.342 e. The molecule has 2 rings (SSSR count). The van der Waals surface area contributed by atoms with Gasteiger partial charge in [0.1, 0.15) is 10.5 Å². The molecule has 0 fully saturated rings. The Labute approximate surface area is 137 Å². The van der Waals surface area contributed by atoms with Crippen LogP contribution in [-0.2, 0) is 5.75 Å². The SMILES string of the molecule is CCC(C)SCc1nc(=S)c(Br)c(-c2ccccc2)[nH]1. The van der Waals surface area contributed by atoms with Crippen LogP contribution in [0.4, 0.5) is 0 Å². The summed E-state index contributed by atoms with van der Waals surface area (Å²) in [5.74, 6) is 1.79. The van der Waals surface area contributed by atoms with Gasteiger partial charge in [0.05, 0.1) is 15.9 Å². The quantitative estimate of drug-likeness (QED) is 0.696. The lowest BCUT2D eigenvalue weighted by Gasteiger charge is -2.11. The molecule has 1 N–H and O–H groups in total. The number of rotatable bonds is 5. The fourth-order valence-corrected chi connectivity index (χ4v) is 3.16. The van der Waals surface area contributed by atoms with Gasteiger partial charge in [0.15, 0.2) is 0 Å². The Morgan fingerprint density at radius 3 is 2.70 bits per heavy atom. The maximum Gasteiger partial charge on any atom is 0.144 e. The lowest BCUT2D eigenvalue weighted by atomic mass is 10.1. The fourth-order valence-electron chi connectivity index (χ4n) is 1.72. The molecule has 1 unspecified atom stereocenters. The highest BCUT2D eigenvalue weighted by atomic mass is 79.9. The number of thioether (sulfide) groups is 1. The molecule has 0 aliphatic heterocycles. The van der Waals surface area contributed by atoms with Crippen molar-refractivity contribution in [3.63, 3.8) is 0 Å². The van der Waals surface area contributed by atoms with Crippen molar-refractivity contribution in [2.75, 3.05) is 0 Å². The second kappa shape index (κ2) is 7.38. The third-order valence-corrected chi connectivity index (χ3v) is 5.73. The topological polar surface area (TPSA) is 28.7 Å². The summed E-state index contributed by atoms with van der Waals surface area (Å²) in [5.41, 5.74) is 2.12. The molecule has 0 spiro atoms. The van der Waals surface area contributed by atoms with E-state index >= 15 is 0 Å². The molecule has 0 saturated heterocycles. The van der Waals surface area contributed by atoms with Crippen LogP contribution in [0.2, 0.25) is 0 Å². The molecule has 2 nitrogen and oxygen atoms in total. The van der Waals surface area contributed by atoms with Crippen molar-refractivity contribution in [2.45, 2.75) is 31.3 Å². The average Bonchev–Trinajstić information content (AvgIpc) is 2.48. The zero-order valence-electron chi connectivity index (χ0n) is 11.5. The van der Waals surface area contributed by atoms with Gasteiger partial charge in [-0.1, -0.05) is 56.4 Å². The lowest BCUT2D eigenvalue weighted by Crippen LogP contribution is -2.00. The molecule has 106 valence electrons.